The molecule has 0 radical (unpaired) electrons. The largest absolute Gasteiger partial charge is 0.332 e. The van der Waals surface area contributed by atoms with Gasteiger partial charge in [-0.3, -0.25) is 4.79 Å². The number of carbonyl (C=O) groups excluding carboxylic acids is 1. The van der Waals surface area contributed by atoms with Crippen LogP contribution in [0.4, 0.5) is 0 Å². The molecule has 3 nitrogen and oxygen atoms in total. The first-order chi connectivity index (χ1) is 10.1. The lowest BCUT2D eigenvalue weighted by Crippen LogP contribution is -2.30. The minimum atomic E-state index is 0.0359. The van der Waals surface area contributed by atoms with E-state index in [2.05, 4.69) is 17.1 Å². The average molecular weight is 301 g/mol. The van der Waals surface area contributed by atoms with Crippen LogP contribution < -0.4 is 0 Å². The Morgan fingerprint density at radius 1 is 1.29 bits per heavy atom. The highest BCUT2D eigenvalue weighted by Gasteiger charge is 2.30. The maximum Gasteiger partial charge on any atom is 0.254 e. The number of likely N-dealkylation sites (tertiary alicyclic amines) is 1. The number of hydrogen-bond acceptors (Lipinski definition) is 2. The standard InChI is InChI=1S/C17H17ClN2O/c1-12-10-14(11-16(18)19-12)17(21)20-9-5-8-15(20)13-6-3-2-4-7-13/h2-4,6-7,10-11,15H,5,8-9H2,1H3. The Morgan fingerprint density at radius 3 is 2.76 bits per heavy atom. The summed E-state index contributed by atoms with van der Waals surface area (Å²) in [5, 5.41) is 0.369. The maximum atomic E-state index is 12.8. The van der Waals surface area contributed by atoms with E-state index in [1.165, 1.54) is 5.56 Å². The number of amides is 1. The minimum absolute atomic E-state index is 0.0359. The Balaban J connectivity index is 1.90. The monoisotopic (exact) mass is 300 g/mol. The Hall–Kier alpha value is -1.87. The van der Waals surface area contributed by atoms with Crippen LogP contribution in [-0.2, 0) is 0 Å². The van der Waals surface area contributed by atoms with E-state index in [1.54, 1.807) is 12.1 Å². The van der Waals surface area contributed by atoms with Crippen LogP contribution in [0.5, 0.6) is 0 Å². The fourth-order valence-electron chi connectivity index (χ4n) is 2.95. The van der Waals surface area contributed by atoms with Gasteiger partial charge in [0.15, 0.2) is 0 Å². The molecule has 0 bridgehead atoms. The van der Waals surface area contributed by atoms with Crippen molar-refractivity contribution in [1.82, 2.24) is 9.88 Å². The van der Waals surface area contributed by atoms with Gasteiger partial charge in [0.1, 0.15) is 5.15 Å². The summed E-state index contributed by atoms with van der Waals surface area (Å²) in [6.07, 6.45) is 2.04. The van der Waals surface area contributed by atoms with E-state index in [1.807, 2.05) is 30.0 Å². The summed E-state index contributed by atoms with van der Waals surface area (Å²) in [7, 11) is 0. The summed E-state index contributed by atoms with van der Waals surface area (Å²) in [4.78, 5) is 18.8. The second kappa shape index (κ2) is 5.86. The molecule has 0 aliphatic carbocycles. The highest BCUT2D eigenvalue weighted by molar-refractivity contribution is 6.29. The predicted octanol–water partition coefficient (Wildman–Crippen LogP) is 4.02. The molecule has 1 fully saturated rings. The molecule has 1 unspecified atom stereocenters. The third kappa shape index (κ3) is 2.93. The normalized spacial score (nSPS) is 18.0. The molecular weight excluding hydrogens is 284 g/mol. The van der Waals surface area contributed by atoms with Crippen molar-refractivity contribution in [3.63, 3.8) is 0 Å². The van der Waals surface area contributed by atoms with Crippen molar-refractivity contribution >= 4 is 17.5 Å². The molecule has 1 saturated heterocycles. The summed E-state index contributed by atoms with van der Waals surface area (Å²) in [6.45, 7) is 2.64. The van der Waals surface area contributed by atoms with Gasteiger partial charge in [-0.05, 0) is 37.5 Å². The molecule has 108 valence electrons. The summed E-state index contributed by atoms with van der Waals surface area (Å²) in [6, 6.07) is 13.8. The van der Waals surface area contributed by atoms with Crippen molar-refractivity contribution in [2.45, 2.75) is 25.8 Å². The quantitative estimate of drug-likeness (QED) is 0.785. The Kier molecular flexibility index (Phi) is 3.93. The zero-order chi connectivity index (χ0) is 14.8. The third-order valence-corrected chi connectivity index (χ3v) is 4.06. The first-order valence-corrected chi connectivity index (χ1v) is 7.53. The fraction of sp³-hybridized carbons (Fsp3) is 0.294. The number of hydrogen-bond donors (Lipinski definition) is 0. The molecule has 1 amide bonds. The summed E-state index contributed by atoms with van der Waals surface area (Å²) in [5.41, 5.74) is 2.58. The molecular formula is C17H17ClN2O. The Morgan fingerprint density at radius 2 is 2.05 bits per heavy atom. The van der Waals surface area contributed by atoms with Gasteiger partial charge >= 0.3 is 0 Å². The van der Waals surface area contributed by atoms with Crippen molar-refractivity contribution in [2.75, 3.05) is 6.54 Å². The lowest BCUT2D eigenvalue weighted by molar-refractivity contribution is 0.0735. The van der Waals surface area contributed by atoms with Crippen molar-refractivity contribution in [3.8, 4) is 0 Å². The van der Waals surface area contributed by atoms with Crippen LogP contribution in [0.1, 0.15) is 40.5 Å². The first-order valence-electron chi connectivity index (χ1n) is 7.15. The Labute approximate surface area is 129 Å². The van der Waals surface area contributed by atoms with Gasteiger partial charge in [-0.1, -0.05) is 41.9 Å². The van der Waals surface area contributed by atoms with Gasteiger partial charge in [0.2, 0.25) is 0 Å². The van der Waals surface area contributed by atoms with E-state index in [0.29, 0.717) is 10.7 Å². The second-order valence-corrected chi connectivity index (χ2v) is 5.77. The number of carbonyl (C=O) groups is 1. The number of aromatic nitrogens is 1. The molecule has 0 spiro atoms. The molecule has 1 aromatic carbocycles. The van der Waals surface area contributed by atoms with Crippen molar-refractivity contribution in [3.05, 3.63) is 64.4 Å². The zero-order valence-corrected chi connectivity index (χ0v) is 12.7. The molecule has 0 saturated carbocycles. The highest BCUT2D eigenvalue weighted by atomic mass is 35.5. The van der Waals surface area contributed by atoms with Crippen LogP contribution in [0.3, 0.4) is 0 Å². The van der Waals surface area contributed by atoms with E-state index in [4.69, 9.17) is 11.6 Å². The highest BCUT2D eigenvalue weighted by Crippen LogP contribution is 2.33. The van der Waals surface area contributed by atoms with E-state index in [0.717, 1.165) is 25.1 Å². The predicted molar refractivity (Wildman–Crippen MR) is 83.4 cm³/mol. The van der Waals surface area contributed by atoms with E-state index in [-0.39, 0.29) is 11.9 Å². The number of nitrogens with zero attached hydrogens (tertiary/aromatic N) is 2. The SMILES string of the molecule is Cc1cc(C(=O)N2CCCC2c2ccccc2)cc(Cl)n1. The molecule has 1 aliphatic rings. The van der Waals surface area contributed by atoms with Gasteiger partial charge in [0.25, 0.3) is 5.91 Å². The molecule has 2 heterocycles. The first kappa shape index (κ1) is 14.1. The number of aryl methyl sites for hydroxylation is 1. The number of halogens is 1. The van der Waals surface area contributed by atoms with Crippen molar-refractivity contribution < 1.29 is 4.79 Å². The van der Waals surface area contributed by atoms with Gasteiger partial charge in [-0.25, -0.2) is 4.98 Å². The molecule has 1 atom stereocenters. The molecule has 0 N–H and O–H groups in total. The Bertz CT molecular complexity index is 637. The molecule has 4 heteroatoms. The summed E-state index contributed by atoms with van der Waals surface area (Å²) in [5.74, 6) is 0.0359. The molecule has 3 rings (SSSR count). The van der Waals surface area contributed by atoms with Crippen LogP contribution in [0, 0.1) is 6.92 Å². The van der Waals surface area contributed by atoms with Crippen LogP contribution >= 0.6 is 11.6 Å². The fourth-order valence-corrected chi connectivity index (χ4v) is 3.20. The average Bonchev–Trinajstić information content (AvgIpc) is 2.95. The van der Waals surface area contributed by atoms with Crippen molar-refractivity contribution in [1.29, 1.82) is 0 Å². The summed E-state index contributed by atoms with van der Waals surface area (Å²) >= 11 is 5.97. The molecule has 21 heavy (non-hydrogen) atoms. The zero-order valence-electron chi connectivity index (χ0n) is 11.9. The van der Waals surface area contributed by atoms with Crippen LogP contribution in [0.2, 0.25) is 5.15 Å². The van der Waals surface area contributed by atoms with E-state index >= 15 is 0 Å². The third-order valence-electron chi connectivity index (χ3n) is 3.87. The van der Waals surface area contributed by atoms with Gasteiger partial charge in [-0.15, -0.1) is 0 Å². The minimum Gasteiger partial charge on any atom is -0.332 e. The second-order valence-electron chi connectivity index (χ2n) is 5.39. The number of pyridine rings is 1. The molecule has 1 aromatic heterocycles. The van der Waals surface area contributed by atoms with E-state index < -0.39 is 0 Å². The number of benzene rings is 1. The lowest BCUT2D eigenvalue weighted by Gasteiger charge is -2.25. The topological polar surface area (TPSA) is 33.2 Å². The smallest absolute Gasteiger partial charge is 0.254 e. The maximum absolute atomic E-state index is 12.8. The van der Waals surface area contributed by atoms with Gasteiger partial charge < -0.3 is 4.90 Å². The molecule has 2 aromatic rings. The van der Waals surface area contributed by atoms with Gasteiger partial charge in [0.05, 0.1) is 6.04 Å². The van der Waals surface area contributed by atoms with Crippen LogP contribution in [-0.4, -0.2) is 22.3 Å². The number of rotatable bonds is 2. The lowest BCUT2D eigenvalue weighted by atomic mass is 10.0. The van der Waals surface area contributed by atoms with Gasteiger partial charge in [0, 0.05) is 17.8 Å². The van der Waals surface area contributed by atoms with Crippen LogP contribution in [0.25, 0.3) is 0 Å². The van der Waals surface area contributed by atoms with Crippen LogP contribution in [0.15, 0.2) is 42.5 Å². The molecule has 1 aliphatic heterocycles. The summed E-state index contributed by atoms with van der Waals surface area (Å²) < 4.78 is 0. The van der Waals surface area contributed by atoms with E-state index in [9.17, 15) is 4.79 Å². The van der Waals surface area contributed by atoms with Gasteiger partial charge in [-0.2, -0.15) is 0 Å². The van der Waals surface area contributed by atoms with Crippen molar-refractivity contribution in [2.24, 2.45) is 0 Å².